The van der Waals surface area contributed by atoms with Crippen LogP contribution in [0.25, 0.3) is 0 Å². The van der Waals surface area contributed by atoms with Crippen LogP contribution in [-0.4, -0.2) is 45.3 Å². The van der Waals surface area contributed by atoms with Crippen LogP contribution in [0.1, 0.15) is 25.8 Å². The fourth-order valence-electron chi connectivity index (χ4n) is 1.94. The molecule has 0 amide bonds. The highest BCUT2D eigenvalue weighted by Crippen LogP contribution is 2.27. The van der Waals surface area contributed by atoms with Gasteiger partial charge in [0.1, 0.15) is 0 Å². The Labute approximate surface area is 123 Å². The van der Waals surface area contributed by atoms with E-state index in [0.29, 0.717) is 12.6 Å². The van der Waals surface area contributed by atoms with Crippen LogP contribution in [0.15, 0.2) is 18.2 Å². The molecular formula is C16H28N2O2. The number of nitrogens with zero attached hydrogens (tertiary/aromatic N) is 1. The number of ether oxygens (including phenoxy) is 2. The molecule has 0 radical (unpaired) electrons. The summed E-state index contributed by atoms with van der Waals surface area (Å²) in [5.74, 6) is 1.60. The molecular weight excluding hydrogens is 252 g/mol. The molecule has 0 aromatic heterocycles. The average Bonchev–Trinajstić information content (AvgIpc) is 2.44. The number of hydrogen-bond donors (Lipinski definition) is 1. The van der Waals surface area contributed by atoms with E-state index < -0.39 is 0 Å². The van der Waals surface area contributed by atoms with Crippen molar-refractivity contribution in [3.63, 3.8) is 0 Å². The van der Waals surface area contributed by atoms with E-state index in [9.17, 15) is 0 Å². The largest absolute Gasteiger partial charge is 0.493 e. The summed E-state index contributed by atoms with van der Waals surface area (Å²) in [6, 6.07) is 6.59. The van der Waals surface area contributed by atoms with Gasteiger partial charge in [-0.3, -0.25) is 0 Å². The summed E-state index contributed by atoms with van der Waals surface area (Å²) in [5, 5.41) is 3.53. The summed E-state index contributed by atoms with van der Waals surface area (Å²) in [6.07, 6.45) is 1.14. The average molecular weight is 280 g/mol. The van der Waals surface area contributed by atoms with Crippen LogP contribution in [-0.2, 0) is 6.54 Å². The van der Waals surface area contributed by atoms with Crippen molar-refractivity contribution in [1.29, 1.82) is 0 Å². The molecule has 1 unspecified atom stereocenters. The zero-order chi connectivity index (χ0) is 15.0. The van der Waals surface area contributed by atoms with Gasteiger partial charge in [0.25, 0.3) is 0 Å². The standard InChI is InChI=1S/C16H28N2O2/c1-6-20-15-8-7-14(11-16(15)19-5)12-17-13(2)9-10-18(3)4/h7-8,11,13,17H,6,9-10,12H2,1-5H3. The molecule has 4 heteroatoms. The predicted molar refractivity (Wildman–Crippen MR) is 83.6 cm³/mol. The van der Waals surface area contributed by atoms with Crippen LogP contribution in [0.4, 0.5) is 0 Å². The Morgan fingerprint density at radius 3 is 2.60 bits per heavy atom. The molecule has 1 N–H and O–H groups in total. The Bertz CT molecular complexity index is 394. The number of rotatable bonds is 9. The third-order valence-electron chi connectivity index (χ3n) is 3.19. The second-order valence-corrected chi connectivity index (χ2v) is 5.29. The minimum Gasteiger partial charge on any atom is -0.493 e. The monoisotopic (exact) mass is 280 g/mol. The van der Waals surface area contributed by atoms with Gasteiger partial charge in [-0.1, -0.05) is 6.07 Å². The summed E-state index contributed by atoms with van der Waals surface area (Å²) in [6.45, 7) is 6.78. The van der Waals surface area contributed by atoms with Crippen molar-refractivity contribution in [2.24, 2.45) is 0 Å². The van der Waals surface area contributed by atoms with Crippen molar-refractivity contribution in [2.45, 2.75) is 32.9 Å². The van der Waals surface area contributed by atoms with E-state index in [-0.39, 0.29) is 0 Å². The maximum atomic E-state index is 5.52. The molecule has 0 saturated heterocycles. The summed E-state index contributed by atoms with van der Waals surface area (Å²) < 4.78 is 10.9. The molecule has 0 heterocycles. The van der Waals surface area contributed by atoms with Crippen molar-refractivity contribution in [3.8, 4) is 11.5 Å². The topological polar surface area (TPSA) is 33.7 Å². The lowest BCUT2D eigenvalue weighted by molar-refractivity contribution is 0.310. The maximum Gasteiger partial charge on any atom is 0.161 e. The van der Waals surface area contributed by atoms with Crippen molar-refractivity contribution in [3.05, 3.63) is 23.8 Å². The van der Waals surface area contributed by atoms with Gasteiger partial charge >= 0.3 is 0 Å². The molecule has 0 spiro atoms. The fraction of sp³-hybridized carbons (Fsp3) is 0.625. The Morgan fingerprint density at radius 2 is 2.00 bits per heavy atom. The van der Waals surface area contributed by atoms with E-state index in [1.165, 1.54) is 5.56 Å². The van der Waals surface area contributed by atoms with Gasteiger partial charge in [0.05, 0.1) is 13.7 Å². The molecule has 20 heavy (non-hydrogen) atoms. The van der Waals surface area contributed by atoms with E-state index in [2.05, 4.69) is 37.3 Å². The van der Waals surface area contributed by atoms with Crippen LogP contribution >= 0.6 is 0 Å². The summed E-state index contributed by atoms with van der Waals surface area (Å²) in [4.78, 5) is 2.21. The van der Waals surface area contributed by atoms with Gasteiger partial charge in [-0.25, -0.2) is 0 Å². The Morgan fingerprint density at radius 1 is 1.25 bits per heavy atom. The first-order valence-electron chi connectivity index (χ1n) is 7.24. The van der Waals surface area contributed by atoms with Gasteiger partial charge in [0.15, 0.2) is 11.5 Å². The highest BCUT2D eigenvalue weighted by molar-refractivity contribution is 5.42. The lowest BCUT2D eigenvalue weighted by Crippen LogP contribution is -2.29. The zero-order valence-electron chi connectivity index (χ0n) is 13.4. The van der Waals surface area contributed by atoms with Gasteiger partial charge < -0.3 is 19.7 Å². The quantitative estimate of drug-likeness (QED) is 0.753. The van der Waals surface area contributed by atoms with Crippen molar-refractivity contribution in [2.75, 3.05) is 34.4 Å². The predicted octanol–water partition coefficient (Wildman–Crippen LogP) is 2.52. The first-order valence-corrected chi connectivity index (χ1v) is 7.24. The zero-order valence-corrected chi connectivity index (χ0v) is 13.4. The molecule has 1 aromatic rings. The van der Waals surface area contributed by atoms with Crippen molar-refractivity contribution >= 4 is 0 Å². The first-order chi connectivity index (χ1) is 9.56. The molecule has 0 saturated carbocycles. The van der Waals surface area contributed by atoms with Gasteiger partial charge in [0, 0.05) is 12.6 Å². The normalized spacial score (nSPS) is 12.5. The van der Waals surface area contributed by atoms with E-state index in [1.807, 2.05) is 19.1 Å². The summed E-state index contributed by atoms with van der Waals surface area (Å²) in [7, 11) is 5.88. The van der Waals surface area contributed by atoms with Crippen LogP contribution < -0.4 is 14.8 Å². The Balaban J connectivity index is 2.51. The Hall–Kier alpha value is -1.26. The van der Waals surface area contributed by atoms with Crippen LogP contribution in [0.3, 0.4) is 0 Å². The molecule has 0 bridgehead atoms. The molecule has 1 rings (SSSR count). The van der Waals surface area contributed by atoms with Crippen molar-refractivity contribution < 1.29 is 9.47 Å². The third kappa shape index (κ3) is 5.80. The molecule has 0 aliphatic rings. The smallest absolute Gasteiger partial charge is 0.161 e. The molecule has 0 aliphatic carbocycles. The second-order valence-electron chi connectivity index (χ2n) is 5.29. The SMILES string of the molecule is CCOc1ccc(CNC(C)CCN(C)C)cc1OC. The van der Waals surface area contributed by atoms with E-state index in [1.54, 1.807) is 7.11 Å². The molecule has 114 valence electrons. The minimum atomic E-state index is 0.495. The van der Waals surface area contributed by atoms with Gasteiger partial charge in [-0.15, -0.1) is 0 Å². The molecule has 0 fully saturated rings. The van der Waals surface area contributed by atoms with Crippen LogP contribution in [0, 0.1) is 0 Å². The number of nitrogens with one attached hydrogen (secondary N) is 1. The highest BCUT2D eigenvalue weighted by Gasteiger charge is 2.07. The molecule has 1 aromatic carbocycles. The third-order valence-corrected chi connectivity index (χ3v) is 3.19. The van der Waals surface area contributed by atoms with E-state index in [0.717, 1.165) is 31.0 Å². The Kier molecular flexibility index (Phi) is 7.41. The van der Waals surface area contributed by atoms with Gasteiger partial charge in [-0.05, 0) is 58.6 Å². The van der Waals surface area contributed by atoms with E-state index in [4.69, 9.17) is 9.47 Å². The number of hydrogen-bond acceptors (Lipinski definition) is 4. The lowest BCUT2D eigenvalue weighted by atomic mass is 10.1. The van der Waals surface area contributed by atoms with Crippen LogP contribution in [0.5, 0.6) is 11.5 Å². The first kappa shape index (κ1) is 16.8. The van der Waals surface area contributed by atoms with Gasteiger partial charge in [-0.2, -0.15) is 0 Å². The second kappa shape index (κ2) is 8.82. The summed E-state index contributed by atoms with van der Waals surface area (Å²) in [5.41, 5.74) is 1.21. The lowest BCUT2D eigenvalue weighted by Gasteiger charge is -2.17. The number of benzene rings is 1. The van der Waals surface area contributed by atoms with Crippen molar-refractivity contribution in [1.82, 2.24) is 10.2 Å². The maximum absolute atomic E-state index is 5.52. The van der Waals surface area contributed by atoms with E-state index >= 15 is 0 Å². The molecule has 0 aliphatic heterocycles. The van der Waals surface area contributed by atoms with Crippen LogP contribution in [0.2, 0.25) is 0 Å². The summed E-state index contributed by atoms with van der Waals surface area (Å²) >= 11 is 0. The number of methoxy groups -OCH3 is 1. The molecule has 1 atom stereocenters. The molecule has 4 nitrogen and oxygen atoms in total. The van der Waals surface area contributed by atoms with Gasteiger partial charge in [0.2, 0.25) is 0 Å². The fourth-order valence-corrected chi connectivity index (χ4v) is 1.94. The minimum absolute atomic E-state index is 0.495. The highest BCUT2D eigenvalue weighted by atomic mass is 16.5.